The third kappa shape index (κ3) is 2.04. The minimum atomic E-state index is 0.609. The van der Waals surface area contributed by atoms with Crippen molar-refractivity contribution in [1.82, 2.24) is 19.9 Å². The van der Waals surface area contributed by atoms with Gasteiger partial charge in [-0.1, -0.05) is 0 Å². The average Bonchev–Trinajstić information content (AvgIpc) is 2.61. The number of fused-ring (bicyclic) bond motifs is 1. The fraction of sp³-hybridized carbons (Fsp3) is 0.455. The van der Waals surface area contributed by atoms with E-state index in [2.05, 4.69) is 36.2 Å². The zero-order valence-electron chi connectivity index (χ0n) is 9.93. The van der Waals surface area contributed by atoms with E-state index < -0.39 is 0 Å². The summed E-state index contributed by atoms with van der Waals surface area (Å²) in [5.74, 6) is 1.53. The topological polar surface area (TPSA) is 71.5 Å². The lowest BCUT2D eigenvalue weighted by molar-refractivity contribution is 0.724. The first-order valence-corrected chi connectivity index (χ1v) is 6.80. The molecule has 0 saturated carbocycles. The van der Waals surface area contributed by atoms with Crippen LogP contribution in [0.3, 0.4) is 0 Å². The highest BCUT2D eigenvalue weighted by Gasteiger charge is 2.14. The molecule has 3 rings (SSSR count). The molecule has 3 heterocycles. The van der Waals surface area contributed by atoms with Crippen LogP contribution in [-0.2, 0) is 0 Å². The standard InChI is InChI=1S/C11H15BrN6/c12-8-7-15-18-9(13)6-10(16-11(8)18)17-4-1-2-14-3-5-17/h6-7,14H,1-5,13H2. The van der Waals surface area contributed by atoms with Crippen LogP contribution in [0.5, 0.6) is 0 Å². The molecule has 0 amide bonds. The molecule has 1 aliphatic heterocycles. The Morgan fingerprint density at radius 1 is 1.33 bits per heavy atom. The summed E-state index contributed by atoms with van der Waals surface area (Å²) in [7, 11) is 0. The Balaban J connectivity index is 2.02. The molecule has 6 nitrogen and oxygen atoms in total. The van der Waals surface area contributed by atoms with Crippen LogP contribution >= 0.6 is 15.9 Å². The number of nitrogens with two attached hydrogens (primary N) is 1. The predicted octanol–water partition coefficient (Wildman–Crippen LogP) is 0.874. The fourth-order valence-electron chi connectivity index (χ4n) is 2.18. The fourth-order valence-corrected chi connectivity index (χ4v) is 2.53. The van der Waals surface area contributed by atoms with Crippen LogP contribution in [0.4, 0.5) is 11.6 Å². The van der Waals surface area contributed by atoms with Gasteiger partial charge in [0.05, 0.1) is 10.7 Å². The highest BCUT2D eigenvalue weighted by Crippen LogP contribution is 2.23. The van der Waals surface area contributed by atoms with E-state index in [4.69, 9.17) is 5.73 Å². The number of anilines is 2. The van der Waals surface area contributed by atoms with E-state index in [0.717, 1.165) is 48.5 Å². The van der Waals surface area contributed by atoms with Gasteiger partial charge in [-0.05, 0) is 28.9 Å². The van der Waals surface area contributed by atoms with Crippen LogP contribution in [0.2, 0.25) is 0 Å². The van der Waals surface area contributed by atoms with E-state index in [1.165, 1.54) is 0 Å². The minimum absolute atomic E-state index is 0.609. The van der Waals surface area contributed by atoms with Crippen molar-refractivity contribution in [1.29, 1.82) is 0 Å². The van der Waals surface area contributed by atoms with Crippen molar-refractivity contribution in [3.05, 3.63) is 16.7 Å². The first-order chi connectivity index (χ1) is 8.75. The molecule has 1 fully saturated rings. The molecule has 2 aromatic heterocycles. The van der Waals surface area contributed by atoms with Gasteiger partial charge in [0.1, 0.15) is 11.6 Å². The van der Waals surface area contributed by atoms with E-state index in [1.807, 2.05) is 6.07 Å². The molecule has 2 aromatic rings. The number of nitrogens with one attached hydrogen (secondary N) is 1. The SMILES string of the molecule is Nc1cc(N2CCCNCC2)nc2c(Br)cnn12. The van der Waals surface area contributed by atoms with Crippen molar-refractivity contribution in [2.24, 2.45) is 0 Å². The number of rotatable bonds is 1. The summed E-state index contributed by atoms with van der Waals surface area (Å²) in [6, 6.07) is 1.89. The summed E-state index contributed by atoms with van der Waals surface area (Å²) in [6.07, 6.45) is 2.83. The van der Waals surface area contributed by atoms with Crippen molar-refractivity contribution in [2.75, 3.05) is 36.8 Å². The monoisotopic (exact) mass is 310 g/mol. The molecule has 0 aliphatic carbocycles. The maximum Gasteiger partial charge on any atom is 0.173 e. The molecule has 1 aliphatic rings. The zero-order chi connectivity index (χ0) is 12.5. The molecular weight excluding hydrogens is 296 g/mol. The Bertz CT molecular complexity index is 558. The van der Waals surface area contributed by atoms with Gasteiger partial charge in [0.25, 0.3) is 0 Å². The van der Waals surface area contributed by atoms with Gasteiger partial charge in [0, 0.05) is 25.7 Å². The maximum atomic E-state index is 6.01. The Hall–Kier alpha value is -1.34. The van der Waals surface area contributed by atoms with E-state index >= 15 is 0 Å². The van der Waals surface area contributed by atoms with Crippen molar-refractivity contribution in [3.8, 4) is 0 Å². The largest absolute Gasteiger partial charge is 0.383 e. The van der Waals surface area contributed by atoms with Crippen LogP contribution in [0.15, 0.2) is 16.7 Å². The van der Waals surface area contributed by atoms with Gasteiger partial charge in [-0.2, -0.15) is 9.61 Å². The Labute approximate surface area is 113 Å². The smallest absolute Gasteiger partial charge is 0.173 e. The lowest BCUT2D eigenvalue weighted by Gasteiger charge is -2.21. The summed E-state index contributed by atoms with van der Waals surface area (Å²) in [5, 5.41) is 7.55. The van der Waals surface area contributed by atoms with Crippen molar-refractivity contribution < 1.29 is 0 Å². The highest BCUT2D eigenvalue weighted by molar-refractivity contribution is 9.10. The number of aromatic nitrogens is 3. The van der Waals surface area contributed by atoms with Crippen LogP contribution in [0, 0.1) is 0 Å². The van der Waals surface area contributed by atoms with Crippen LogP contribution < -0.4 is 16.0 Å². The quantitative estimate of drug-likeness (QED) is 0.818. The molecule has 0 bridgehead atoms. The second-order valence-corrected chi connectivity index (χ2v) is 5.21. The Morgan fingerprint density at radius 2 is 2.22 bits per heavy atom. The summed E-state index contributed by atoms with van der Waals surface area (Å²) in [6.45, 7) is 3.99. The summed E-state index contributed by atoms with van der Waals surface area (Å²) in [5.41, 5.74) is 6.78. The highest BCUT2D eigenvalue weighted by atomic mass is 79.9. The second kappa shape index (κ2) is 4.74. The van der Waals surface area contributed by atoms with Gasteiger partial charge in [0.2, 0.25) is 0 Å². The minimum Gasteiger partial charge on any atom is -0.383 e. The van der Waals surface area contributed by atoms with Gasteiger partial charge in [-0.3, -0.25) is 0 Å². The predicted molar refractivity (Wildman–Crippen MR) is 74.8 cm³/mol. The Kier molecular flexibility index (Phi) is 3.09. The van der Waals surface area contributed by atoms with E-state index in [0.29, 0.717) is 5.82 Å². The number of halogens is 1. The molecule has 1 saturated heterocycles. The molecule has 0 spiro atoms. The van der Waals surface area contributed by atoms with Gasteiger partial charge >= 0.3 is 0 Å². The van der Waals surface area contributed by atoms with Crippen LogP contribution in [-0.4, -0.2) is 40.8 Å². The van der Waals surface area contributed by atoms with Crippen molar-refractivity contribution >= 4 is 33.2 Å². The molecule has 7 heteroatoms. The molecule has 96 valence electrons. The lowest BCUT2D eigenvalue weighted by Crippen LogP contribution is -2.28. The molecule has 3 N–H and O–H groups in total. The second-order valence-electron chi connectivity index (χ2n) is 4.36. The summed E-state index contributed by atoms with van der Waals surface area (Å²) >= 11 is 3.44. The molecule has 0 aromatic carbocycles. The summed E-state index contributed by atoms with van der Waals surface area (Å²) in [4.78, 5) is 6.89. The van der Waals surface area contributed by atoms with E-state index in [1.54, 1.807) is 10.7 Å². The molecule has 18 heavy (non-hydrogen) atoms. The lowest BCUT2D eigenvalue weighted by atomic mass is 10.3. The first kappa shape index (κ1) is 11.7. The molecular formula is C11H15BrN6. The third-order valence-corrected chi connectivity index (χ3v) is 3.67. The van der Waals surface area contributed by atoms with Gasteiger partial charge in [-0.25, -0.2) is 4.98 Å². The summed E-state index contributed by atoms with van der Waals surface area (Å²) < 4.78 is 2.51. The number of nitrogen functional groups attached to an aromatic ring is 1. The van der Waals surface area contributed by atoms with Crippen LogP contribution in [0.25, 0.3) is 5.65 Å². The van der Waals surface area contributed by atoms with Crippen molar-refractivity contribution in [3.63, 3.8) is 0 Å². The van der Waals surface area contributed by atoms with Gasteiger partial charge < -0.3 is 16.0 Å². The van der Waals surface area contributed by atoms with Crippen LogP contribution in [0.1, 0.15) is 6.42 Å². The number of hydrogen-bond donors (Lipinski definition) is 2. The third-order valence-electron chi connectivity index (χ3n) is 3.11. The average molecular weight is 311 g/mol. The maximum absolute atomic E-state index is 6.01. The molecule has 0 atom stereocenters. The zero-order valence-corrected chi connectivity index (χ0v) is 11.5. The first-order valence-electron chi connectivity index (χ1n) is 6.01. The molecule has 0 radical (unpaired) electrons. The normalized spacial score (nSPS) is 17.1. The number of hydrogen-bond acceptors (Lipinski definition) is 5. The Morgan fingerprint density at radius 3 is 3.11 bits per heavy atom. The molecule has 0 unspecified atom stereocenters. The van der Waals surface area contributed by atoms with Gasteiger partial charge in [-0.15, -0.1) is 0 Å². The number of nitrogens with zero attached hydrogens (tertiary/aromatic N) is 4. The van der Waals surface area contributed by atoms with E-state index in [9.17, 15) is 0 Å². The van der Waals surface area contributed by atoms with Crippen molar-refractivity contribution in [2.45, 2.75) is 6.42 Å². The van der Waals surface area contributed by atoms with Gasteiger partial charge in [0.15, 0.2) is 5.65 Å². The van der Waals surface area contributed by atoms with E-state index in [-0.39, 0.29) is 0 Å².